The third-order valence-electron chi connectivity index (χ3n) is 2.57. The van der Waals surface area contributed by atoms with Crippen LogP contribution >= 0.6 is 0 Å². The maximum absolute atomic E-state index is 5.62. The van der Waals surface area contributed by atoms with E-state index in [2.05, 4.69) is 16.8 Å². The number of nitrogens with zero attached hydrogens (tertiary/aromatic N) is 1. The van der Waals surface area contributed by atoms with Crippen LogP contribution in [-0.4, -0.2) is 30.8 Å². The lowest BCUT2D eigenvalue weighted by Crippen LogP contribution is -2.25. The van der Waals surface area contributed by atoms with Crippen molar-refractivity contribution in [1.82, 2.24) is 4.98 Å². The van der Waals surface area contributed by atoms with Crippen LogP contribution < -0.4 is 10.5 Å². The highest BCUT2D eigenvalue weighted by molar-refractivity contribution is 5.36. The zero-order valence-electron chi connectivity index (χ0n) is 11.2. The highest BCUT2D eigenvalue weighted by Gasteiger charge is 2.15. The van der Waals surface area contributed by atoms with Gasteiger partial charge in [-0.1, -0.05) is 11.8 Å². The van der Waals surface area contributed by atoms with E-state index in [0.29, 0.717) is 18.9 Å². The molecular formula is C14H20N2O2. The van der Waals surface area contributed by atoms with Gasteiger partial charge < -0.3 is 15.2 Å². The van der Waals surface area contributed by atoms with Crippen LogP contribution in [-0.2, 0) is 4.74 Å². The number of pyridine rings is 1. The fraction of sp³-hybridized carbons (Fsp3) is 0.500. The maximum atomic E-state index is 5.62. The topological polar surface area (TPSA) is 57.4 Å². The molecule has 0 atom stereocenters. The molecule has 1 aromatic rings. The lowest BCUT2D eigenvalue weighted by atomic mass is 10.1. The van der Waals surface area contributed by atoms with Gasteiger partial charge in [-0.3, -0.25) is 4.98 Å². The average Bonchev–Trinajstić information content (AvgIpc) is 2.37. The molecule has 18 heavy (non-hydrogen) atoms. The molecule has 1 aromatic heterocycles. The summed E-state index contributed by atoms with van der Waals surface area (Å²) in [4.78, 5) is 4.07. The van der Waals surface area contributed by atoms with E-state index in [-0.39, 0.29) is 5.60 Å². The molecule has 4 heteroatoms. The quantitative estimate of drug-likeness (QED) is 0.804. The third kappa shape index (κ3) is 5.17. The summed E-state index contributed by atoms with van der Waals surface area (Å²) >= 11 is 0. The van der Waals surface area contributed by atoms with Crippen LogP contribution in [0.15, 0.2) is 18.5 Å². The Morgan fingerprint density at radius 3 is 2.83 bits per heavy atom. The van der Waals surface area contributed by atoms with Gasteiger partial charge >= 0.3 is 0 Å². The predicted molar refractivity (Wildman–Crippen MR) is 71.4 cm³/mol. The number of hydrogen-bond donors (Lipinski definition) is 1. The van der Waals surface area contributed by atoms with E-state index in [9.17, 15) is 0 Å². The third-order valence-corrected chi connectivity index (χ3v) is 2.57. The Balaban J connectivity index is 2.53. The van der Waals surface area contributed by atoms with Crippen molar-refractivity contribution in [2.24, 2.45) is 5.73 Å². The van der Waals surface area contributed by atoms with Crippen LogP contribution in [0.25, 0.3) is 0 Å². The molecule has 0 saturated heterocycles. The van der Waals surface area contributed by atoms with Gasteiger partial charge in [0.15, 0.2) is 0 Å². The SMILES string of the molecule is COC(C)(C)CCOc1cncc(C#CCN)c1. The summed E-state index contributed by atoms with van der Waals surface area (Å²) < 4.78 is 10.9. The van der Waals surface area contributed by atoms with Crippen molar-refractivity contribution in [3.8, 4) is 17.6 Å². The van der Waals surface area contributed by atoms with Crippen LogP contribution in [0, 0.1) is 11.8 Å². The Kier molecular flexibility index (Phi) is 5.63. The minimum Gasteiger partial charge on any atom is -0.492 e. The molecule has 0 radical (unpaired) electrons. The lowest BCUT2D eigenvalue weighted by Gasteiger charge is -2.22. The highest BCUT2D eigenvalue weighted by atomic mass is 16.5. The van der Waals surface area contributed by atoms with Gasteiger partial charge in [0, 0.05) is 25.3 Å². The molecule has 0 fully saturated rings. The second-order valence-corrected chi connectivity index (χ2v) is 4.48. The first kappa shape index (κ1) is 14.5. The number of methoxy groups -OCH3 is 1. The van der Waals surface area contributed by atoms with Crippen molar-refractivity contribution in [1.29, 1.82) is 0 Å². The van der Waals surface area contributed by atoms with Gasteiger partial charge in [-0.2, -0.15) is 0 Å². The Morgan fingerprint density at radius 1 is 1.39 bits per heavy atom. The van der Waals surface area contributed by atoms with E-state index in [1.165, 1.54) is 0 Å². The molecule has 1 rings (SSSR count). The molecule has 2 N–H and O–H groups in total. The van der Waals surface area contributed by atoms with Gasteiger partial charge in [-0.25, -0.2) is 0 Å². The predicted octanol–water partition coefficient (Wildman–Crippen LogP) is 1.59. The van der Waals surface area contributed by atoms with Gasteiger partial charge in [-0.05, 0) is 19.9 Å². The van der Waals surface area contributed by atoms with Crippen molar-refractivity contribution >= 4 is 0 Å². The molecule has 0 aliphatic heterocycles. The second kappa shape index (κ2) is 7.00. The van der Waals surface area contributed by atoms with Crippen molar-refractivity contribution < 1.29 is 9.47 Å². The van der Waals surface area contributed by atoms with Crippen LogP contribution in [0.2, 0.25) is 0 Å². The Bertz CT molecular complexity index is 433. The first-order valence-corrected chi connectivity index (χ1v) is 5.89. The second-order valence-electron chi connectivity index (χ2n) is 4.48. The van der Waals surface area contributed by atoms with Crippen LogP contribution in [0.1, 0.15) is 25.8 Å². The standard InChI is InChI=1S/C14H20N2O2/c1-14(2,17-3)6-8-18-13-9-12(5-4-7-15)10-16-11-13/h9-11H,6-8,15H2,1-3H3. The first-order chi connectivity index (χ1) is 8.57. The van der Waals surface area contributed by atoms with E-state index < -0.39 is 0 Å². The zero-order valence-corrected chi connectivity index (χ0v) is 11.2. The zero-order chi connectivity index (χ0) is 13.4. The van der Waals surface area contributed by atoms with Gasteiger partial charge in [0.2, 0.25) is 0 Å². The summed E-state index contributed by atoms with van der Waals surface area (Å²) in [5, 5.41) is 0. The summed E-state index contributed by atoms with van der Waals surface area (Å²) in [6.07, 6.45) is 4.17. The Labute approximate surface area is 109 Å². The molecule has 0 saturated carbocycles. The van der Waals surface area contributed by atoms with Gasteiger partial charge in [-0.15, -0.1) is 0 Å². The van der Waals surface area contributed by atoms with Gasteiger partial charge in [0.1, 0.15) is 5.75 Å². The first-order valence-electron chi connectivity index (χ1n) is 5.89. The molecular weight excluding hydrogens is 228 g/mol. The molecule has 0 amide bonds. The van der Waals surface area contributed by atoms with Crippen LogP contribution in [0.3, 0.4) is 0 Å². The normalized spacial score (nSPS) is 10.7. The number of aromatic nitrogens is 1. The van der Waals surface area contributed by atoms with E-state index in [0.717, 1.165) is 12.0 Å². The molecule has 0 aliphatic carbocycles. The summed E-state index contributed by atoms with van der Waals surface area (Å²) in [6, 6.07) is 1.86. The van der Waals surface area contributed by atoms with Crippen molar-refractivity contribution in [2.45, 2.75) is 25.9 Å². The molecule has 0 aromatic carbocycles. The summed E-state index contributed by atoms with van der Waals surface area (Å²) in [5.74, 6) is 6.42. The number of ether oxygens (including phenoxy) is 2. The van der Waals surface area contributed by atoms with Gasteiger partial charge in [0.05, 0.1) is 24.9 Å². The number of hydrogen-bond acceptors (Lipinski definition) is 4. The van der Waals surface area contributed by atoms with E-state index in [1.54, 1.807) is 19.5 Å². The molecule has 4 nitrogen and oxygen atoms in total. The van der Waals surface area contributed by atoms with Crippen molar-refractivity contribution in [3.05, 3.63) is 24.0 Å². The van der Waals surface area contributed by atoms with E-state index >= 15 is 0 Å². The summed E-state index contributed by atoms with van der Waals surface area (Å²) in [5.41, 5.74) is 5.95. The smallest absolute Gasteiger partial charge is 0.138 e. The van der Waals surface area contributed by atoms with Crippen molar-refractivity contribution in [2.75, 3.05) is 20.3 Å². The average molecular weight is 248 g/mol. The van der Waals surface area contributed by atoms with Crippen LogP contribution in [0.4, 0.5) is 0 Å². The van der Waals surface area contributed by atoms with Crippen molar-refractivity contribution in [3.63, 3.8) is 0 Å². The molecule has 0 spiro atoms. The molecule has 1 heterocycles. The fourth-order valence-corrected chi connectivity index (χ4v) is 1.24. The minimum absolute atomic E-state index is 0.176. The van der Waals surface area contributed by atoms with E-state index in [4.69, 9.17) is 15.2 Å². The largest absolute Gasteiger partial charge is 0.492 e. The summed E-state index contributed by atoms with van der Waals surface area (Å²) in [6.45, 7) is 4.97. The van der Waals surface area contributed by atoms with E-state index in [1.807, 2.05) is 19.9 Å². The highest BCUT2D eigenvalue weighted by Crippen LogP contribution is 2.15. The number of rotatable bonds is 5. The summed E-state index contributed by atoms with van der Waals surface area (Å²) in [7, 11) is 1.70. The van der Waals surface area contributed by atoms with Crippen LogP contribution in [0.5, 0.6) is 5.75 Å². The number of nitrogens with two attached hydrogens (primary N) is 1. The molecule has 0 unspecified atom stereocenters. The lowest BCUT2D eigenvalue weighted by molar-refractivity contribution is 0.00543. The Hall–Kier alpha value is -1.57. The Morgan fingerprint density at radius 2 is 2.17 bits per heavy atom. The molecule has 0 bridgehead atoms. The van der Waals surface area contributed by atoms with Gasteiger partial charge in [0.25, 0.3) is 0 Å². The monoisotopic (exact) mass is 248 g/mol. The minimum atomic E-state index is -0.176. The fourth-order valence-electron chi connectivity index (χ4n) is 1.24. The maximum Gasteiger partial charge on any atom is 0.138 e. The molecule has 98 valence electrons. The molecule has 0 aliphatic rings.